The number of fused-ring (bicyclic) bond motifs is 1. The second kappa shape index (κ2) is 4.96. The van der Waals surface area contributed by atoms with Crippen molar-refractivity contribution in [3.8, 4) is 0 Å². The summed E-state index contributed by atoms with van der Waals surface area (Å²) in [7, 11) is 0. The van der Waals surface area contributed by atoms with Crippen LogP contribution in [0.3, 0.4) is 0 Å². The predicted molar refractivity (Wildman–Crippen MR) is 79.3 cm³/mol. The van der Waals surface area contributed by atoms with E-state index in [4.69, 9.17) is 0 Å². The van der Waals surface area contributed by atoms with Crippen LogP contribution in [0.5, 0.6) is 0 Å². The van der Waals surface area contributed by atoms with E-state index >= 15 is 0 Å². The van der Waals surface area contributed by atoms with Crippen molar-refractivity contribution in [1.29, 1.82) is 0 Å². The molecule has 1 aliphatic heterocycles. The number of carboxylic acids is 1. The van der Waals surface area contributed by atoms with E-state index in [2.05, 4.69) is 22.9 Å². The fourth-order valence-corrected chi connectivity index (χ4v) is 2.49. The average Bonchev–Trinajstić information content (AvgIpc) is 2.47. The Balaban J connectivity index is 2.15. The Labute approximate surface area is 117 Å². The summed E-state index contributed by atoms with van der Waals surface area (Å²) >= 11 is 0. The minimum atomic E-state index is -0.985. The third kappa shape index (κ3) is 2.25. The molecule has 0 fully saturated rings. The minimum Gasteiger partial charge on any atom is -0.477 e. The number of carboxylic acid groups (broad SMARTS) is 1. The highest BCUT2D eigenvalue weighted by Crippen LogP contribution is 2.27. The van der Waals surface area contributed by atoms with Crippen molar-refractivity contribution in [2.24, 2.45) is 0 Å². The van der Waals surface area contributed by atoms with Crippen LogP contribution >= 0.6 is 0 Å². The molecule has 0 aliphatic carbocycles. The summed E-state index contributed by atoms with van der Waals surface area (Å²) in [5, 5.41) is 11.1. The van der Waals surface area contributed by atoms with Gasteiger partial charge >= 0.3 is 5.97 Å². The maximum Gasteiger partial charge on any atom is 0.354 e. The number of hydrogen-bond acceptors (Lipinski definition) is 3. The molecule has 0 unspecified atom stereocenters. The number of nitrogens with zero attached hydrogens (tertiary/aromatic N) is 2. The number of pyridine rings is 1. The minimum absolute atomic E-state index is 0.102. The Hall–Kier alpha value is -2.36. The summed E-state index contributed by atoms with van der Waals surface area (Å²) in [4.78, 5) is 17.7. The summed E-state index contributed by atoms with van der Waals surface area (Å²) in [6, 6.07) is 9.43. The zero-order valence-electron chi connectivity index (χ0n) is 11.3. The third-order valence-electron chi connectivity index (χ3n) is 3.68. The van der Waals surface area contributed by atoms with Crippen molar-refractivity contribution in [1.82, 2.24) is 4.98 Å². The van der Waals surface area contributed by atoms with E-state index < -0.39 is 5.97 Å². The molecule has 4 nitrogen and oxygen atoms in total. The molecule has 2 heterocycles. The molecule has 0 spiro atoms. The van der Waals surface area contributed by atoms with Gasteiger partial charge in [0.2, 0.25) is 0 Å². The van der Waals surface area contributed by atoms with Crippen LogP contribution in [0, 0.1) is 0 Å². The fourth-order valence-electron chi connectivity index (χ4n) is 2.49. The molecule has 0 atom stereocenters. The van der Waals surface area contributed by atoms with Crippen molar-refractivity contribution >= 4 is 22.6 Å². The van der Waals surface area contributed by atoms with Gasteiger partial charge in [0, 0.05) is 18.5 Å². The van der Waals surface area contributed by atoms with Gasteiger partial charge in [-0.3, -0.25) is 0 Å². The Morgan fingerprint density at radius 3 is 2.85 bits per heavy atom. The summed E-state index contributed by atoms with van der Waals surface area (Å²) in [5.74, 6) is -0.218. The molecular weight excluding hydrogens is 252 g/mol. The molecule has 102 valence electrons. The van der Waals surface area contributed by atoms with E-state index in [1.54, 1.807) is 6.07 Å². The van der Waals surface area contributed by atoms with Gasteiger partial charge in [-0.1, -0.05) is 35.9 Å². The lowest BCUT2D eigenvalue weighted by Gasteiger charge is -2.27. The van der Waals surface area contributed by atoms with Gasteiger partial charge in [0.25, 0.3) is 0 Å². The van der Waals surface area contributed by atoms with E-state index in [0.29, 0.717) is 0 Å². The van der Waals surface area contributed by atoms with Crippen LogP contribution in [-0.4, -0.2) is 29.1 Å². The van der Waals surface area contributed by atoms with Crippen molar-refractivity contribution in [2.45, 2.75) is 13.3 Å². The van der Waals surface area contributed by atoms with E-state index in [1.807, 2.05) is 24.3 Å². The van der Waals surface area contributed by atoms with E-state index in [-0.39, 0.29) is 5.69 Å². The van der Waals surface area contributed by atoms with Crippen LogP contribution in [0.1, 0.15) is 23.8 Å². The smallest absolute Gasteiger partial charge is 0.354 e. The Bertz CT molecular complexity index is 707. The molecule has 20 heavy (non-hydrogen) atoms. The Kier molecular flexibility index (Phi) is 3.14. The van der Waals surface area contributed by atoms with Crippen LogP contribution in [0.2, 0.25) is 0 Å². The number of benzene rings is 1. The van der Waals surface area contributed by atoms with E-state index in [9.17, 15) is 9.90 Å². The number of rotatable bonds is 2. The number of aromatic carboxylic acids is 1. The van der Waals surface area contributed by atoms with Gasteiger partial charge in [0.15, 0.2) is 5.69 Å². The summed E-state index contributed by atoms with van der Waals surface area (Å²) in [6.45, 7) is 3.78. The fraction of sp³-hybridized carbons (Fsp3) is 0.250. The van der Waals surface area contributed by atoms with Crippen LogP contribution in [0.4, 0.5) is 5.82 Å². The largest absolute Gasteiger partial charge is 0.477 e. The zero-order chi connectivity index (χ0) is 14.1. The molecule has 1 N–H and O–H groups in total. The molecule has 4 heteroatoms. The first-order chi connectivity index (χ1) is 9.65. The van der Waals surface area contributed by atoms with Gasteiger partial charge in [0.1, 0.15) is 5.82 Å². The molecule has 0 radical (unpaired) electrons. The van der Waals surface area contributed by atoms with Gasteiger partial charge in [-0.05, 0) is 24.8 Å². The lowest BCUT2D eigenvalue weighted by molar-refractivity contribution is 0.0691. The Morgan fingerprint density at radius 2 is 2.15 bits per heavy atom. The van der Waals surface area contributed by atoms with Crippen LogP contribution in [0.15, 0.2) is 42.0 Å². The summed E-state index contributed by atoms with van der Waals surface area (Å²) in [6.07, 6.45) is 3.17. The van der Waals surface area contributed by atoms with Crippen molar-refractivity contribution in [3.63, 3.8) is 0 Å². The number of hydrogen-bond donors (Lipinski definition) is 1. The lowest BCUT2D eigenvalue weighted by Crippen LogP contribution is -2.29. The quantitative estimate of drug-likeness (QED) is 0.850. The van der Waals surface area contributed by atoms with Gasteiger partial charge < -0.3 is 10.0 Å². The highest BCUT2D eigenvalue weighted by molar-refractivity contribution is 5.98. The normalized spacial score (nSPS) is 15.2. The van der Waals surface area contributed by atoms with E-state index in [1.165, 1.54) is 5.57 Å². The maximum atomic E-state index is 11.2. The SMILES string of the molecule is CC1=CCN(c2nc(C(=O)O)cc3ccccc23)CC1. The van der Waals surface area contributed by atoms with Gasteiger partial charge in [-0.15, -0.1) is 0 Å². The van der Waals surface area contributed by atoms with Gasteiger partial charge in [-0.25, -0.2) is 9.78 Å². The van der Waals surface area contributed by atoms with Crippen molar-refractivity contribution < 1.29 is 9.90 Å². The zero-order valence-corrected chi connectivity index (χ0v) is 11.3. The molecule has 1 aromatic heterocycles. The second-order valence-electron chi connectivity index (χ2n) is 5.10. The summed E-state index contributed by atoms with van der Waals surface area (Å²) in [5.41, 5.74) is 1.48. The van der Waals surface area contributed by atoms with Crippen LogP contribution < -0.4 is 4.90 Å². The van der Waals surface area contributed by atoms with E-state index in [0.717, 1.165) is 36.1 Å². The molecule has 2 aromatic rings. The molecular formula is C16H16N2O2. The van der Waals surface area contributed by atoms with Gasteiger partial charge in [0.05, 0.1) is 0 Å². The lowest BCUT2D eigenvalue weighted by atomic mass is 10.1. The van der Waals surface area contributed by atoms with Crippen LogP contribution in [-0.2, 0) is 0 Å². The van der Waals surface area contributed by atoms with Gasteiger partial charge in [-0.2, -0.15) is 0 Å². The molecule has 3 rings (SSSR count). The second-order valence-corrected chi connectivity index (χ2v) is 5.10. The molecule has 0 saturated heterocycles. The Morgan fingerprint density at radius 1 is 1.35 bits per heavy atom. The summed E-state index contributed by atoms with van der Waals surface area (Å²) < 4.78 is 0. The molecule has 0 amide bonds. The first-order valence-corrected chi connectivity index (χ1v) is 6.69. The van der Waals surface area contributed by atoms with Crippen molar-refractivity contribution in [3.05, 3.63) is 47.7 Å². The highest BCUT2D eigenvalue weighted by Gasteiger charge is 2.17. The molecule has 0 saturated carbocycles. The van der Waals surface area contributed by atoms with Crippen LogP contribution in [0.25, 0.3) is 10.8 Å². The molecule has 1 aromatic carbocycles. The maximum absolute atomic E-state index is 11.2. The number of anilines is 1. The average molecular weight is 268 g/mol. The first kappa shape index (κ1) is 12.7. The monoisotopic (exact) mass is 268 g/mol. The van der Waals surface area contributed by atoms with Crippen molar-refractivity contribution in [2.75, 3.05) is 18.0 Å². The first-order valence-electron chi connectivity index (χ1n) is 6.69. The highest BCUT2D eigenvalue weighted by atomic mass is 16.4. The topological polar surface area (TPSA) is 53.4 Å². The third-order valence-corrected chi connectivity index (χ3v) is 3.68. The molecule has 0 bridgehead atoms. The predicted octanol–water partition coefficient (Wildman–Crippen LogP) is 3.09. The molecule has 1 aliphatic rings. The number of aromatic nitrogens is 1. The number of carbonyl (C=O) groups is 1. The standard InChI is InChI=1S/C16H16N2O2/c1-11-6-8-18(9-7-11)15-13-5-3-2-4-12(13)10-14(17-15)16(19)20/h2-6,10H,7-9H2,1H3,(H,19,20).